The van der Waals surface area contributed by atoms with Gasteiger partial charge in [-0.05, 0) is 31.2 Å². The number of ketones is 1. The number of hydrogen-bond donors (Lipinski definition) is 3. The minimum absolute atomic E-state index is 0.147. The molecule has 0 fully saturated rings. The van der Waals surface area contributed by atoms with E-state index in [1.807, 2.05) is 36.4 Å². The number of aliphatic carboxylic acids is 1. The Hall–Kier alpha value is -4.86. The summed E-state index contributed by atoms with van der Waals surface area (Å²) in [7, 11) is 0. The Labute approximate surface area is 205 Å². The van der Waals surface area contributed by atoms with E-state index in [1.54, 1.807) is 19.2 Å². The standard InChI is InChI=1S/C26H23N5O5/c1-16-21(13-20(32)9-12-24(33)34)26(36)31(30-16)23-11-7-18(14-28-23)25(35)29-19-8-10-22(27-15-19)17-5-3-2-4-6-17/h2-8,10-11,14-15,30H,9,12-13H2,1H3,(H,29,35)(H,33,34). The zero-order chi connectivity index (χ0) is 25.7. The van der Waals surface area contributed by atoms with Crippen LogP contribution in [0.5, 0.6) is 0 Å². The molecule has 0 unspecified atom stereocenters. The van der Waals surface area contributed by atoms with Crippen LogP contribution in [0.25, 0.3) is 17.1 Å². The lowest BCUT2D eigenvalue weighted by atomic mass is 10.1. The number of aromatic nitrogens is 4. The number of amides is 1. The number of nitrogens with zero attached hydrogens (tertiary/aromatic N) is 3. The van der Waals surface area contributed by atoms with Crippen LogP contribution in [-0.2, 0) is 16.0 Å². The molecule has 0 atom stereocenters. The van der Waals surface area contributed by atoms with Crippen molar-refractivity contribution in [2.45, 2.75) is 26.2 Å². The van der Waals surface area contributed by atoms with Crippen LogP contribution in [0.3, 0.4) is 0 Å². The normalized spacial score (nSPS) is 10.7. The van der Waals surface area contributed by atoms with Crippen molar-refractivity contribution in [3.05, 3.63) is 94.2 Å². The number of aromatic amines is 1. The Bertz CT molecular complexity index is 1460. The second-order valence-corrected chi connectivity index (χ2v) is 8.12. The number of hydrogen-bond acceptors (Lipinski definition) is 6. The zero-order valence-corrected chi connectivity index (χ0v) is 19.4. The van der Waals surface area contributed by atoms with Gasteiger partial charge in [0.05, 0.1) is 29.6 Å². The van der Waals surface area contributed by atoms with Gasteiger partial charge in [-0.1, -0.05) is 30.3 Å². The van der Waals surface area contributed by atoms with E-state index in [0.29, 0.717) is 11.4 Å². The average Bonchev–Trinajstić information content (AvgIpc) is 3.17. The third kappa shape index (κ3) is 5.61. The number of rotatable bonds is 9. The Balaban J connectivity index is 1.44. The van der Waals surface area contributed by atoms with Gasteiger partial charge in [-0.15, -0.1) is 0 Å². The molecule has 1 amide bonds. The van der Waals surface area contributed by atoms with E-state index in [2.05, 4.69) is 20.4 Å². The van der Waals surface area contributed by atoms with Gasteiger partial charge in [0.2, 0.25) is 0 Å². The molecule has 4 rings (SSSR count). The highest BCUT2D eigenvalue weighted by Crippen LogP contribution is 2.18. The molecule has 36 heavy (non-hydrogen) atoms. The van der Waals surface area contributed by atoms with Gasteiger partial charge in [0.25, 0.3) is 11.5 Å². The Morgan fingerprint density at radius 1 is 0.972 bits per heavy atom. The number of H-pyrrole nitrogens is 1. The van der Waals surface area contributed by atoms with E-state index in [9.17, 15) is 19.2 Å². The van der Waals surface area contributed by atoms with E-state index >= 15 is 0 Å². The number of benzene rings is 1. The highest BCUT2D eigenvalue weighted by molar-refractivity contribution is 6.04. The molecular formula is C26H23N5O5. The van der Waals surface area contributed by atoms with Crippen molar-refractivity contribution in [2.24, 2.45) is 0 Å². The number of carbonyl (C=O) groups is 3. The molecule has 10 nitrogen and oxygen atoms in total. The molecule has 3 N–H and O–H groups in total. The highest BCUT2D eigenvalue weighted by Gasteiger charge is 2.17. The van der Waals surface area contributed by atoms with Crippen molar-refractivity contribution in [1.29, 1.82) is 0 Å². The molecule has 1 aromatic carbocycles. The summed E-state index contributed by atoms with van der Waals surface area (Å²) in [5.74, 6) is -1.55. The third-order valence-electron chi connectivity index (χ3n) is 5.52. The van der Waals surface area contributed by atoms with Crippen molar-refractivity contribution in [3.8, 4) is 17.1 Å². The lowest BCUT2D eigenvalue weighted by molar-refractivity contribution is -0.138. The van der Waals surface area contributed by atoms with Gasteiger partial charge >= 0.3 is 5.97 Å². The second-order valence-electron chi connectivity index (χ2n) is 8.12. The van der Waals surface area contributed by atoms with E-state index in [1.165, 1.54) is 23.0 Å². The number of Topliss-reactive ketones (excluding diaryl/α,β-unsaturated/α-hetero) is 1. The maximum atomic E-state index is 12.8. The molecule has 0 aliphatic heterocycles. The summed E-state index contributed by atoms with van der Waals surface area (Å²) >= 11 is 0. The summed E-state index contributed by atoms with van der Waals surface area (Å²) in [6.07, 6.45) is 2.32. The van der Waals surface area contributed by atoms with Gasteiger partial charge in [-0.2, -0.15) is 0 Å². The fourth-order valence-corrected chi connectivity index (χ4v) is 3.59. The number of carboxylic acid groups (broad SMARTS) is 1. The predicted octanol–water partition coefficient (Wildman–Crippen LogP) is 3.16. The predicted molar refractivity (Wildman–Crippen MR) is 132 cm³/mol. The van der Waals surface area contributed by atoms with Crippen LogP contribution in [0.15, 0.2) is 71.8 Å². The van der Waals surface area contributed by atoms with Crippen molar-refractivity contribution >= 4 is 23.3 Å². The zero-order valence-electron chi connectivity index (χ0n) is 19.4. The van der Waals surface area contributed by atoms with Gasteiger partial charge in [0, 0.05) is 35.9 Å². The van der Waals surface area contributed by atoms with Crippen LogP contribution >= 0.6 is 0 Å². The summed E-state index contributed by atoms with van der Waals surface area (Å²) in [6.45, 7) is 1.65. The third-order valence-corrected chi connectivity index (χ3v) is 5.52. The molecule has 0 aliphatic carbocycles. The largest absolute Gasteiger partial charge is 0.481 e. The van der Waals surface area contributed by atoms with Gasteiger partial charge in [-0.3, -0.25) is 29.3 Å². The van der Waals surface area contributed by atoms with Gasteiger partial charge in [-0.25, -0.2) is 9.67 Å². The smallest absolute Gasteiger partial charge is 0.303 e. The summed E-state index contributed by atoms with van der Waals surface area (Å²) in [4.78, 5) is 56.7. The molecule has 3 aromatic heterocycles. The van der Waals surface area contributed by atoms with Crippen molar-refractivity contribution < 1.29 is 19.5 Å². The summed E-state index contributed by atoms with van der Waals surface area (Å²) < 4.78 is 1.18. The molecule has 182 valence electrons. The molecule has 3 heterocycles. The SMILES string of the molecule is Cc1[nH]n(-c2ccc(C(=O)Nc3ccc(-c4ccccc4)nc3)cn2)c(=O)c1CC(=O)CCC(=O)O. The number of pyridine rings is 2. The minimum Gasteiger partial charge on any atom is -0.481 e. The number of anilines is 1. The average molecular weight is 486 g/mol. The first-order chi connectivity index (χ1) is 17.3. The number of carbonyl (C=O) groups excluding carboxylic acids is 2. The fraction of sp³-hybridized carbons (Fsp3) is 0.154. The first-order valence-corrected chi connectivity index (χ1v) is 11.1. The van der Waals surface area contributed by atoms with Gasteiger partial charge in [0.15, 0.2) is 5.82 Å². The molecular weight excluding hydrogens is 462 g/mol. The summed E-state index contributed by atoms with van der Waals surface area (Å²) in [5, 5.41) is 14.4. The van der Waals surface area contributed by atoms with E-state index in [0.717, 1.165) is 11.3 Å². The van der Waals surface area contributed by atoms with Crippen LogP contribution in [0.1, 0.15) is 34.5 Å². The Kier molecular flexibility index (Phi) is 7.15. The lowest BCUT2D eigenvalue weighted by Crippen LogP contribution is -2.21. The second kappa shape index (κ2) is 10.6. The number of nitrogens with one attached hydrogen (secondary N) is 2. The molecule has 10 heteroatoms. The van der Waals surface area contributed by atoms with Crippen LogP contribution in [0, 0.1) is 6.92 Å². The van der Waals surface area contributed by atoms with Gasteiger partial charge in [0.1, 0.15) is 5.78 Å². The van der Waals surface area contributed by atoms with Crippen LogP contribution in [0.4, 0.5) is 5.69 Å². The van der Waals surface area contributed by atoms with Crippen LogP contribution in [0.2, 0.25) is 0 Å². The fourth-order valence-electron chi connectivity index (χ4n) is 3.59. The quantitative estimate of drug-likeness (QED) is 0.330. The molecule has 0 aliphatic rings. The van der Waals surface area contributed by atoms with E-state index in [-0.39, 0.29) is 47.9 Å². The van der Waals surface area contributed by atoms with Crippen LogP contribution < -0.4 is 10.9 Å². The highest BCUT2D eigenvalue weighted by atomic mass is 16.4. The molecule has 0 bridgehead atoms. The van der Waals surface area contributed by atoms with E-state index < -0.39 is 11.5 Å². The number of carboxylic acids is 1. The molecule has 0 saturated carbocycles. The maximum Gasteiger partial charge on any atom is 0.303 e. The first kappa shape index (κ1) is 24.3. The Morgan fingerprint density at radius 2 is 1.75 bits per heavy atom. The summed E-state index contributed by atoms with van der Waals surface area (Å²) in [5.41, 5.74) is 2.85. The van der Waals surface area contributed by atoms with Crippen molar-refractivity contribution in [1.82, 2.24) is 19.7 Å². The van der Waals surface area contributed by atoms with Crippen LogP contribution in [-0.4, -0.2) is 42.5 Å². The van der Waals surface area contributed by atoms with Gasteiger partial charge < -0.3 is 10.4 Å². The minimum atomic E-state index is -1.07. The van der Waals surface area contributed by atoms with Crippen molar-refractivity contribution in [2.75, 3.05) is 5.32 Å². The first-order valence-electron chi connectivity index (χ1n) is 11.1. The topological polar surface area (TPSA) is 147 Å². The summed E-state index contributed by atoms with van der Waals surface area (Å²) in [6, 6.07) is 16.3. The monoisotopic (exact) mass is 485 g/mol. The molecule has 0 spiro atoms. The molecule has 4 aromatic rings. The van der Waals surface area contributed by atoms with Crippen molar-refractivity contribution in [3.63, 3.8) is 0 Å². The molecule has 0 saturated heterocycles. The molecule has 0 radical (unpaired) electrons. The maximum absolute atomic E-state index is 12.8. The van der Waals surface area contributed by atoms with E-state index in [4.69, 9.17) is 5.11 Å². The Morgan fingerprint density at radius 3 is 2.39 bits per heavy atom. The number of aryl methyl sites for hydroxylation is 1. The lowest BCUT2D eigenvalue weighted by Gasteiger charge is -2.07.